The maximum absolute atomic E-state index is 12.3. The molecule has 0 aliphatic carbocycles. The molecule has 2 N–H and O–H groups in total. The van der Waals surface area contributed by atoms with Gasteiger partial charge in [-0.05, 0) is 47.4 Å². The smallest absolute Gasteiger partial charge is 0.251 e. The first-order valence-electron chi connectivity index (χ1n) is 9.22. The van der Waals surface area contributed by atoms with Gasteiger partial charge in [-0.25, -0.2) is 0 Å². The van der Waals surface area contributed by atoms with Crippen molar-refractivity contribution in [2.24, 2.45) is 0 Å². The number of aliphatic hydroxyl groups excluding tert-OH is 1. The topological polar surface area (TPSA) is 67.8 Å². The number of rotatable bonds is 6. The molecule has 3 aromatic carbocycles. The van der Waals surface area contributed by atoms with Crippen LogP contribution in [0.4, 0.5) is 0 Å². The molecule has 0 spiro atoms. The number of hydrogen-bond acceptors (Lipinski definition) is 4. The predicted molar refractivity (Wildman–Crippen MR) is 106 cm³/mol. The molecule has 5 heteroatoms. The number of nitrogens with one attached hydrogen (secondary N) is 1. The fourth-order valence-electron chi connectivity index (χ4n) is 3.16. The zero-order valence-corrected chi connectivity index (χ0v) is 15.3. The largest absolute Gasteiger partial charge is 0.454 e. The SMILES string of the molecule is O=C(NCC[C@H](O)c1ccc2c(c1)OCO2)c1ccc(-c2ccccc2)cc1. The lowest BCUT2D eigenvalue weighted by molar-refractivity contribution is 0.0942. The van der Waals surface area contributed by atoms with Crippen molar-refractivity contribution in [2.75, 3.05) is 13.3 Å². The van der Waals surface area contributed by atoms with Crippen molar-refractivity contribution in [1.29, 1.82) is 0 Å². The van der Waals surface area contributed by atoms with Gasteiger partial charge in [0, 0.05) is 12.1 Å². The Kier molecular flexibility index (Phi) is 5.26. The Balaban J connectivity index is 1.30. The standard InChI is InChI=1S/C23H21NO4/c25-20(19-10-11-21-22(14-19)28-15-27-21)12-13-24-23(26)18-8-6-17(7-9-18)16-4-2-1-3-5-16/h1-11,14,20,25H,12-13,15H2,(H,24,26)/t20-/m0/s1. The first kappa shape index (κ1) is 18.1. The highest BCUT2D eigenvalue weighted by molar-refractivity contribution is 5.94. The van der Waals surface area contributed by atoms with Crippen molar-refractivity contribution in [3.63, 3.8) is 0 Å². The van der Waals surface area contributed by atoms with Crippen molar-refractivity contribution in [3.05, 3.63) is 83.9 Å². The molecule has 0 saturated heterocycles. The number of benzene rings is 3. The lowest BCUT2D eigenvalue weighted by Crippen LogP contribution is -2.25. The quantitative estimate of drug-likeness (QED) is 0.685. The van der Waals surface area contributed by atoms with E-state index in [1.807, 2.05) is 60.7 Å². The summed E-state index contributed by atoms with van der Waals surface area (Å²) in [6.07, 6.45) is -0.275. The van der Waals surface area contributed by atoms with Crippen LogP contribution in [0.1, 0.15) is 28.4 Å². The Morgan fingerprint density at radius 3 is 2.43 bits per heavy atom. The van der Waals surface area contributed by atoms with E-state index in [1.54, 1.807) is 12.1 Å². The minimum Gasteiger partial charge on any atom is -0.454 e. The summed E-state index contributed by atoms with van der Waals surface area (Å²) < 4.78 is 10.6. The molecule has 3 aromatic rings. The summed E-state index contributed by atoms with van der Waals surface area (Å²) in [6, 6.07) is 22.9. The lowest BCUT2D eigenvalue weighted by atomic mass is 10.0. The highest BCUT2D eigenvalue weighted by atomic mass is 16.7. The number of fused-ring (bicyclic) bond motifs is 1. The van der Waals surface area contributed by atoms with Crippen LogP contribution in [-0.4, -0.2) is 24.4 Å². The summed E-state index contributed by atoms with van der Waals surface area (Å²) in [5.74, 6) is 1.17. The second kappa shape index (κ2) is 8.15. The summed E-state index contributed by atoms with van der Waals surface area (Å²) in [7, 11) is 0. The second-order valence-electron chi connectivity index (χ2n) is 6.62. The van der Waals surface area contributed by atoms with Crippen LogP contribution in [0.2, 0.25) is 0 Å². The minimum absolute atomic E-state index is 0.155. The molecule has 1 aliphatic rings. The van der Waals surface area contributed by atoms with Crippen LogP contribution < -0.4 is 14.8 Å². The van der Waals surface area contributed by atoms with Gasteiger partial charge in [-0.1, -0.05) is 48.5 Å². The zero-order chi connectivity index (χ0) is 19.3. The Hall–Kier alpha value is -3.31. The second-order valence-corrected chi connectivity index (χ2v) is 6.62. The van der Waals surface area contributed by atoms with Gasteiger partial charge in [0.2, 0.25) is 6.79 Å². The Morgan fingerprint density at radius 1 is 0.929 bits per heavy atom. The summed E-state index contributed by atoms with van der Waals surface area (Å²) in [5, 5.41) is 13.2. The van der Waals surface area contributed by atoms with Crippen LogP contribution in [0.5, 0.6) is 11.5 Å². The van der Waals surface area contributed by atoms with Crippen molar-refractivity contribution in [2.45, 2.75) is 12.5 Å². The first-order chi connectivity index (χ1) is 13.7. The molecule has 0 saturated carbocycles. The average molecular weight is 375 g/mol. The van der Waals surface area contributed by atoms with E-state index < -0.39 is 6.10 Å². The summed E-state index contributed by atoms with van der Waals surface area (Å²) >= 11 is 0. The number of amides is 1. The molecular weight excluding hydrogens is 354 g/mol. The molecular formula is C23H21NO4. The zero-order valence-electron chi connectivity index (χ0n) is 15.3. The molecule has 1 atom stereocenters. The van der Waals surface area contributed by atoms with Crippen molar-refractivity contribution in [3.8, 4) is 22.6 Å². The van der Waals surface area contributed by atoms with Gasteiger partial charge < -0.3 is 19.9 Å². The van der Waals surface area contributed by atoms with Gasteiger partial charge in [-0.3, -0.25) is 4.79 Å². The highest BCUT2D eigenvalue weighted by Crippen LogP contribution is 2.34. The molecule has 28 heavy (non-hydrogen) atoms. The first-order valence-corrected chi connectivity index (χ1v) is 9.22. The number of aliphatic hydroxyl groups is 1. The molecule has 0 radical (unpaired) electrons. The molecule has 1 amide bonds. The average Bonchev–Trinajstić information content (AvgIpc) is 3.22. The van der Waals surface area contributed by atoms with Gasteiger partial charge in [0.1, 0.15) is 0 Å². The highest BCUT2D eigenvalue weighted by Gasteiger charge is 2.16. The maximum atomic E-state index is 12.3. The lowest BCUT2D eigenvalue weighted by Gasteiger charge is -2.12. The summed E-state index contributed by atoms with van der Waals surface area (Å²) in [4.78, 5) is 12.3. The monoisotopic (exact) mass is 375 g/mol. The van der Waals surface area contributed by atoms with Crippen LogP contribution in [-0.2, 0) is 0 Å². The van der Waals surface area contributed by atoms with Crippen LogP contribution in [0.3, 0.4) is 0 Å². The minimum atomic E-state index is -0.685. The van der Waals surface area contributed by atoms with E-state index in [1.165, 1.54) is 0 Å². The Morgan fingerprint density at radius 2 is 1.64 bits per heavy atom. The molecule has 0 unspecified atom stereocenters. The van der Waals surface area contributed by atoms with Gasteiger partial charge in [0.15, 0.2) is 11.5 Å². The third-order valence-corrected chi connectivity index (χ3v) is 4.74. The van der Waals surface area contributed by atoms with Gasteiger partial charge in [0.25, 0.3) is 5.91 Å². The van der Waals surface area contributed by atoms with Crippen molar-refractivity contribution >= 4 is 5.91 Å². The van der Waals surface area contributed by atoms with Crippen molar-refractivity contribution in [1.82, 2.24) is 5.32 Å². The molecule has 4 rings (SSSR count). The fourth-order valence-corrected chi connectivity index (χ4v) is 3.16. The number of carbonyl (C=O) groups excluding carboxylic acids is 1. The van der Waals surface area contributed by atoms with Gasteiger partial charge in [-0.2, -0.15) is 0 Å². The number of carbonyl (C=O) groups is 1. The van der Waals surface area contributed by atoms with Gasteiger partial charge >= 0.3 is 0 Å². The van der Waals surface area contributed by atoms with Crippen LogP contribution in [0.15, 0.2) is 72.8 Å². The van der Waals surface area contributed by atoms with E-state index in [2.05, 4.69) is 5.32 Å². The molecule has 0 fully saturated rings. The third-order valence-electron chi connectivity index (χ3n) is 4.74. The summed E-state index contributed by atoms with van der Waals surface area (Å²) in [6.45, 7) is 0.572. The molecule has 0 aromatic heterocycles. The van der Waals surface area contributed by atoms with E-state index >= 15 is 0 Å². The van der Waals surface area contributed by atoms with Crippen molar-refractivity contribution < 1.29 is 19.4 Å². The van der Waals surface area contributed by atoms with Crippen LogP contribution in [0.25, 0.3) is 11.1 Å². The van der Waals surface area contributed by atoms with E-state index in [4.69, 9.17) is 9.47 Å². The van der Waals surface area contributed by atoms with Crippen LogP contribution >= 0.6 is 0 Å². The normalized spacial score (nSPS) is 13.2. The Bertz CT molecular complexity index is 954. The Labute approximate surface area is 163 Å². The van der Waals surface area contributed by atoms with Gasteiger partial charge in [0.05, 0.1) is 6.10 Å². The molecule has 1 aliphatic heterocycles. The van der Waals surface area contributed by atoms with E-state index in [-0.39, 0.29) is 12.7 Å². The fraction of sp³-hybridized carbons (Fsp3) is 0.174. The van der Waals surface area contributed by atoms with E-state index in [0.29, 0.717) is 30.0 Å². The molecule has 1 heterocycles. The van der Waals surface area contributed by atoms with Crippen LogP contribution in [0, 0.1) is 0 Å². The van der Waals surface area contributed by atoms with Gasteiger partial charge in [-0.15, -0.1) is 0 Å². The molecule has 142 valence electrons. The maximum Gasteiger partial charge on any atom is 0.251 e. The molecule has 0 bridgehead atoms. The summed E-state index contributed by atoms with van der Waals surface area (Å²) in [5.41, 5.74) is 3.51. The van der Waals surface area contributed by atoms with E-state index in [9.17, 15) is 9.90 Å². The number of ether oxygens (including phenoxy) is 2. The molecule has 5 nitrogen and oxygen atoms in total. The third kappa shape index (κ3) is 4.00. The van der Waals surface area contributed by atoms with E-state index in [0.717, 1.165) is 16.7 Å². The predicted octanol–water partition coefficient (Wildman–Crippen LogP) is 3.94. The number of hydrogen-bond donors (Lipinski definition) is 2.